The molecule has 0 radical (unpaired) electrons. The summed E-state index contributed by atoms with van der Waals surface area (Å²) in [4.78, 5) is 13.0. The van der Waals surface area contributed by atoms with Crippen molar-refractivity contribution in [1.29, 1.82) is 0 Å². The molecular formula is C11H12F3NO2. The van der Waals surface area contributed by atoms with Crippen molar-refractivity contribution in [3.63, 3.8) is 0 Å². The molecular weight excluding hydrogens is 235 g/mol. The number of hydrogen-bond donors (Lipinski definition) is 1. The molecule has 0 fully saturated rings. The summed E-state index contributed by atoms with van der Waals surface area (Å²) in [6.07, 6.45) is 0. The number of carbonyl (C=O) groups is 1. The highest BCUT2D eigenvalue weighted by Crippen LogP contribution is 2.26. The zero-order valence-electron chi connectivity index (χ0n) is 9.43. The minimum atomic E-state index is -1.70. The van der Waals surface area contributed by atoms with Gasteiger partial charge in [-0.3, -0.25) is 4.79 Å². The van der Waals surface area contributed by atoms with Crippen LogP contribution in [0.2, 0.25) is 0 Å². The largest absolute Gasteiger partial charge is 0.503 e. The van der Waals surface area contributed by atoms with Gasteiger partial charge in [-0.15, -0.1) is 0 Å². The van der Waals surface area contributed by atoms with Gasteiger partial charge in [-0.25, -0.2) is 8.78 Å². The van der Waals surface area contributed by atoms with Crippen LogP contribution in [0.1, 0.15) is 24.2 Å². The van der Waals surface area contributed by atoms with E-state index in [0.29, 0.717) is 19.2 Å². The molecule has 6 heteroatoms. The predicted octanol–water partition coefficient (Wildman–Crippen LogP) is 2.29. The fourth-order valence-electron chi connectivity index (χ4n) is 1.43. The lowest BCUT2D eigenvalue weighted by molar-refractivity contribution is 0.0766. The number of rotatable bonds is 3. The number of carbonyl (C=O) groups excluding carboxylic acids is 1. The summed E-state index contributed by atoms with van der Waals surface area (Å²) < 4.78 is 39.2. The normalized spacial score (nSPS) is 10.4. The molecule has 1 N–H and O–H groups in total. The topological polar surface area (TPSA) is 40.5 Å². The van der Waals surface area contributed by atoms with E-state index in [2.05, 4.69) is 0 Å². The summed E-state index contributed by atoms with van der Waals surface area (Å²) in [5, 5.41) is 8.98. The SMILES string of the molecule is CCN(CC)C(=O)c1cc(F)c(F)c(O)c1F. The first-order chi connectivity index (χ1) is 7.93. The molecule has 1 rings (SSSR count). The van der Waals surface area contributed by atoms with E-state index in [-0.39, 0.29) is 0 Å². The van der Waals surface area contributed by atoms with Crippen molar-refractivity contribution in [3.8, 4) is 5.75 Å². The highest BCUT2D eigenvalue weighted by atomic mass is 19.2. The Morgan fingerprint density at radius 1 is 1.24 bits per heavy atom. The molecule has 0 saturated heterocycles. The molecule has 0 unspecified atom stereocenters. The minimum absolute atomic E-state index is 0.300. The van der Waals surface area contributed by atoms with Crippen LogP contribution in [0.4, 0.5) is 13.2 Å². The Hall–Kier alpha value is -1.72. The van der Waals surface area contributed by atoms with E-state index in [1.54, 1.807) is 13.8 Å². The Morgan fingerprint density at radius 2 is 1.76 bits per heavy atom. The fourth-order valence-corrected chi connectivity index (χ4v) is 1.43. The van der Waals surface area contributed by atoms with Gasteiger partial charge in [0, 0.05) is 13.1 Å². The summed E-state index contributed by atoms with van der Waals surface area (Å²) in [6, 6.07) is 0.449. The van der Waals surface area contributed by atoms with Crippen LogP contribution in [0, 0.1) is 17.5 Å². The third kappa shape index (κ3) is 2.35. The van der Waals surface area contributed by atoms with Crippen molar-refractivity contribution in [2.75, 3.05) is 13.1 Å². The van der Waals surface area contributed by atoms with E-state index in [0.717, 1.165) is 0 Å². The Morgan fingerprint density at radius 3 is 2.24 bits per heavy atom. The second-order valence-corrected chi connectivity index (χ2v) is 3.36. The van der Waals surface area contributed by atoms with Crippen LogP contribution in [-0.4, -0.2) is 29.0 Å². The Labute approximate surface area is 96.5 Å². The molecule has 1 aromatic carbocycles. The molecule has 0 spiro atoms. The standard InChI is InChI=1S/C11H12F3NO2/c1-3-15(4-2)11(17)6-5-7(12)9(14)10(16)8(6)13/h5,16H,3-4H2,1-2H3. The minimum Gasteiger partial charge on any atom is -0.503 e. The van der Waals surface area contributed by atoms with E-state index in [1.807, 2.05) is 0 Å². The maximum absolute atomic E-state index is 13.4. The first-order valence-corrected chi connectivity index (χ1v) is 5.09. The van der Waals surface area contributed by atoms with Crippen LogP contribution in [0.25, 0.3) is 0 Å². The predicted molar refractivity (Wildman–Crippen MR) is 55.2 cm³/mol. The van der Waals surface area contributed by atoms with E-state index >= 15 is 0 Å². The molecule has 17 heavy (non-hydrogen) atoms. The van der Waals surface area contributed by atoms with E-state index in [9.17, 15) is 18.0 Å². The summed E-state index contributed by atoms with van der Waals surface area (Å²) >= 11 is 0. The van der Waals surface area contributed by atoms with Gasteiger partial charge in [-0.05, 0) is 19.9 Å². The average Bonchev–Trinajstić information content (AvgIpc) is 2.32. The second kappa shape index (κ2) is 5.07. The molecule has 1 aromatic rings. The molecule has 0 heterocycles. The number of halogens is 3. The van der Waals surface area contributed by atoms with Crippen LogP contribution in [-0.2, 0) is 0 Å². The molecule has 3 nitrogen and oxygen atoms in total. The molecule has 0 aliphatic rings. The second-order valence-electron chi connectivity index (χ2n) is 3.36. The number of nitrogens with zero attached hydrogens (tertiary/aromatic N) is 1. The van der Waals surface area contributed by atoms with E-state index in [4.69, 9.17) is 5.11 Å². The molecule has 0 aliphatic heterocycles. The summed E-state index contributed by atoms with van der Waals surface area (Å²) in [7, 11) is 0. The molecule has 1 amide bonds. The quantitative estimate of drug-likeness (QED) is 0.832. The number of benzene rings is 1. The van der Waals surface area contributed by atoms with Gasteiger partial charge >= 0.3 is 0 Å². The van der Waals surface area contributed by atoms with Crippen molar-refractivity contribution in [1.82, 2.24) is 4.90 Å². The van der Waals surface area contributed by atoms with Crippen LogP contribution in [0.5, 0.6) is 5.75 Å². The van der Waals surface area contributed by atoms with Gasteiger partial charge in [0.25, 0.3) is 5.91 Å². The van der Waals surface area contributed by atoms with Gasteiger partial charge < -0.3 is 10.0 Å². The third-order valence-electron chi connectivity index (χ3n) is 2.41. The molecule has 0 aromatic heterocycles. The van der Waals surface area contributed by atoms with Crippen molar-refractivity contribution in [2.45, 2.75) is 13.8 Å². The summed E-state index contributed by atoms with van der Waals surface area (Å²) in [5.41, 5.74) is -0.676. The number of aromatic hydroxyl groups is 1. The molecule has 94 valence electrons. The lowest BCUT2D eigenvalue weighted by Gasteiger charge is -2.19. The van der Waals surface area contributed by atoms with Gasteiger partial charge in [0.15, 0.2) is 17.4 Å². The average molecular weight is 247 g/mol. The van der Waals surface area contributed by atoms with Crippen LogP contribution in [0.3, 0.4) is 0 Å². The summed E-state index contributed by atoms with van der Waals surface area (Å²) in [5.74, 6) is -6.86. The smallest absolute Gasteiger partial charge is 0.257 e. The lowest BCUT2D eigenvalue weighted by Crippen LogP contribution is -2.31. The van der Waals surface area contributed by atoms with Crippen LogP contribution < -0.4 is 0 Å². The van der Waals surface area contributed by atoms with Gasteiger partial charge in [-0.2, -0.15) is 4.39 Å². The first kappa shape index (κ1) is 13.3. The van der Waals surface area contributed by atoms with Gasteiger partial charge in [0.2, 0.25) is 5.82 Å². The Kier molecular flexibility index (Phi) is 3.98. The van der Waals surface area contributed by atoms with Crippen LogP contribution >= 0.6 is 0 Å². The van der Waals surface area contributed by atoms with Crippen molar-refractivity contribution < 1.29 is 23.1 Å². The number of amides is 1. The third-order valence-corrected chi connectivity index (χ3v) is 2.41. The molecule has 0 bridgehead atoms. The molecule has 0 saturated carbocycles. The van der Waals surface area contributed by atoms with E-state index < -0.39 is 34.7 Å². The van der Waals surface area contributed by atoms with Crippen LogP contribution in [0.15, 0.2) is 6.07 Å². The lowest BCUT2D eigenvalue weighted by atomic mass is 10.1. The maximum Gasteiger partial charge on any atom is 0.257 e. The number of phenols is 1. The molecule has 0 atom stereocenters. The van der Waals surface area contributed by atoms with Gasteiger partial charge in [0.1, 0.15) is 0 Å². The highest BCUT2D eigenvalue weighted by molar-refractivity contribution is 5.95. The summed E-state index contributed by atoms with van der Waals surface area (Å²) in [6.45, 7) is 3.93. The Balaban J connectivity index is 3.28. The monoisotopic (exact) mass is 247 g/mol. The van der Waals surface area contributed by atoms with E-state index in [1.165, 1.54) is 4.90 Å². The van der Waals surface area contributed by atoms with Gasteiger partial charge in [0.05, 0.1) is 5.56 Å². The van der Waals surface area contributed by atoms with Gasteiger partial charge in [-0.1, -0.05) is 0 Å². The Bertz CT molecular complexity index is 445. The van der Waals surface area contributed by atoms with Crippen molar-refractivity contribution >= 4 is 5.91 Å². The number of phenolic OH excluding ortho intramolecular Hbond substituents is 1. The maximum atomic E-state index is 13.4. The number of hydrogen-bond acceptors (Lipinski definition) is 2. The van der Waals surface area contributed by atoms with Crippen molar-refractivity contribution in [3.05, 3.63) is 29.1 Å². The zero-order valence-corrected chi connectivity index (χ0v) is 9.43. The van der Waals surface area contributed by atoms with Crippen molar-refractivity contribution in [2.24, 2.45) is 0 Å². The fraction of sp³-hybridized carbons (Fsp3) is 0.364. The molecule has 0 aliphatic carbocycles. The highest BCUT2D eigenvalue weighted by Gasteiger charge is 2.24. The zero-order chi connectivity index (χ0) is 13.2. The first-order valence-electron chi connectivity index (χ1n) is 5.09.